The molecule has 0 unspecified atom stereocenters. The van der Waals surface area contributed by atoms with Crippen LogP contribution >= 0.6 is 0 Å². The van der Waals surface area contributed by atoms with Crippen molar-refractivity contribution < 1.29 is 0 Å². The number of nitrogens with zero attached hydrogens (tertiary/aromatic N) is 1. The molecule has 0 aliphatic heterocycles. The molecule has 0 amide bonds. The summed E-state index contributed by atoms with van der Waals surface area (Å²) in [5.41, 5.74) is 3.96. The highest BCUT2D eigenvalue weighted by Gasteiger charge is 2.22. The maximum Gasteiger partial charge on any atom is 0.251 e. The first-order chi connectivity index (χ1) is 8.68. The van der Waals surface area contributed by atoms with Crippen LogP contribution in [0.25, 0.3) is 0 Å². The molecule has 108 valence electrons. The molecule has 0 bridgehead atoms. The van der Waals surface area contributed by atoms with Gasteiger partial charge in [0.2, 0.25) is 0 Å². The molecular formula is C17H29NO. The zero-order valence-electron chi connectivity index (χ0n) is 13.7. The Morgan fingerprint density at radius 2 is 1.37 bits per heavy atom. The van der Waals surface area contributed by atoms with Gasteiger partial charge in [0.15, 0.2) is 0 Å². The third kappa shape index (κ3) is 3.10. The summed E-state index contributed by atoms with van der Waals surface area (Å²) in [5.74, 6) is 1.20. The molecule has 0 aliphatic rings. The van der Waals surface area contributed by atoms with Crippen molar-refractivity contribution in [3.8, 4) is 0 Å². The standard InChI is InChI=1S/C17H29NO/c1-10(2)14-9-15(19)18(13(7)8)17(12(5)6)16(14)11(3)4/h9-13H,1-8H3. The summed E-state index contributed by atoms with van der Waals surface area (Å²) in [6, 6.07) is 2.06. The van der Waals surface area contributed by atoms with E-state index < -0.39 is 0 Å². The van der Waals surface area contributed by atoms with Crippen LogP contribution in [-0.2, 0) is 0 Å². The maximum absolute atomic E-state index is 12.4. The second-order valence-corrected chi connectivity index (χ2v) is 6.66. The Hall–Kier alpha value is -1.05. The normalized spacial score (nSPS) is 12.2. The lowest BCUT2D eigenvalue weighted by Crippen LogP contribution is -2.29. The number of hydrogen-bond acceptors (Lipinski definition) is 1. The highest BCUT2D eigenvalue weighted by Crippen LogP contribution is 2.33. The van der Waals surface area contributed by atoms with Crippen LogP contribution in [0, 0.1) is 0 Å². The topological polar surface area (TPSA) is 22.0 Å². The van der Waals surface area contributed by atoms with Gasteiger partial charge in [-0.3, -0.25) is 4.79 Å². The Bertz CT molecular complexity index is 493. The highest BCUT2D eigenvalue weighted by molar-refractivity contribution is 5.37. The van der Waals surface area contributed by atoms with E-state index in [1.165, 1.54) is 16.8 Å². The van der Waals surface area contributed by atoms with Crippen molar-refractivity contribution in [2.45, 2.75) is 79.2 Å². The minimum Gasteiger partial charge on any atom is -0.310 e. The van der Waals surface area contributed by atoms with E-state index in [1.807, 2.05) is 10.6 Å². The van der Waals surface area contributed by atoms with Crippen LogP contribution in [0.4, 0.5) is 0 Å². The fourth-order valence-corrected chi connectivity index (χ4v) is 2.91. The largest absolute Gasteiger partial charge is 0.310 e. The van der Waals surface area contributed by atoms with Crippen molar-refractivity contribution in [1.82, 2.24) is 4.57 Å². The van der Waals surface area contributed by atoms with Gasteiger partial charge in [0, 0.05) is 17.8 Å². The van der Waals surface area contributed by atoms with E-state index in [2.05, 4.69) is 55.4 Å². The van der Waals surface area contributed by atoms with E-state index >= 15 is 0 Å². The Morgan fingerprint density at radius 1 is 0.842 bits per heavy atom. The molecule has 1 aromatic heterocycles. The third-order valence-electron chi connectivity index (χ3n) is 3.63. The van der Waals surface area contributed by atoms with Gasteiger partial charge in [-0.15, -0.1) is 0 Å². The van der Waals surface area contributed by atoms with E-state index in [4.69, 9.17) is 0 Å². The summed E-state index contributed by atoms with van der Waals surface area (Å²) in [6.07, 6.45) is 0. The van der Waals surface area contributed by atoms with Crippen molar-refractivity contribution in [1.29, 1.82) is 0 Å². The van der Waals surface area contributed by atoms with Gasteiger partial charge in [0.05, 0.1) is 0 Å². The van der Waals surface area contributed by atoms with E-state index in [0.29, 0.717) is 17.8 Å². The summed E-state index contributed by atoms with van der Waals surface area (Å²) in [7, 11) is 0. The lowest BCUT2D eigenvalue weighted by Gasteiger charge is -2.28. The van der Waals surface area contributed by atoms with Crippen LogP contribution in [0.3, 0.4) is 0 Å². The van der Waals surface area contributed by atoms with Crippen LogP contribution in [0.15, 0.2) is 10.9 Å². The Kier molecular flexibility index (Phi) is 5.00. The van der Waals surface area contributed by atoms with Gasteiger partial charge in [0.25, 0.3) is 5.56 Å². The molecule has 19 heavy (non-hydrogen) atoms. The molecule has 2 heteroatoms. The highest BCUT2D eigenvalue weighted by atomic mass is 16.1. The molecule has 2 nitrogen and oxygen atoms in total. The predicted octanol–water partition coefficient (Wildman–Crippen LogP) is 4.80. The molecular weight excluding hydrogens is 234 g/mol. The second-order valence-electron chi connectivity index (χ2n) is 6.66. The SMILES string of the molecule is CC(C)c1cc(=O)n(C(C)C)c(C(C)C)c1C(C)C. The van der Waals surface area contributed by atoms with Crippen molar-refractivity contribution >= 4 is 0 Å². The van der Waals surface area contributed by atoms with Gasteiger partial charge in [-0.2, -0.15) is 0 Å². The molecule has 0 fully saturated rings. The van der Waals surface area contributed by atoms with Gasteiger partial charge in [-0.05, 0) is 42.7 Å². The number of rotatable bonds is 4. The summed E-state index contributed by atoms with van der Waals surface area (Å²) in [5, 5.41) is 0. The Balaban J connectivity index is 3.82. The molecule has 0 aliphatic carbocycles. The lowest BCUT2D eigenvalue weighted by molar-refractivity contribution is 0.520. The summed E-state index contributed by atoms with van der Waals surface area (Å²) in [6.45, 7) is 17.3. The molecule has 1 aromatic rings. The summed E-state index contributed by atoms with van der Waals surface area (Å²) in [4.78, 5) is 12.4. The zero-order valence-corrected chi connectivity index (χ0v) is 13.7. The van der Waals surface area contributed by atoms with E-state index in [9.17, 15) is 4.79 Å². The van der Waals surface area contributed by atoms with Gasteiger partial charge in [-0.1, -0.05) is 41.5 Å². The van der Waals surface area contributed by atoms with Crippen LogP contribution < -0.4 is 5.56 Å². The monoisotopic (exact) mass is 263 g/mol. The molecule has 0 saturated carbocycles. The molecule has 0 spiro atoms. The fourth-order valence-electron chi connectivity index (χ4n) is 2.91. The predicted molar refractivity (Wildman–Crippen MR) is 83.4 cm³/mol. The van der Waals surface area contributed by atoms with Gasteiger partial charge in [-0.25, -0.2) is 0 Å². The molecule has 0 radical (unpaired) electrons. The molecule has 1 rings (SSSR count). The van der Waals surface area contributed by atoms with Crippen molar-refractivity contribution in [2.24, 2.45) is 0 Å². The summed E-state index contributed by atoms with van der Waals surface area (Å²) < 4.78 is 1.98. The number of hydrogen-bond donors (Lipinski definition) is 0. The van der Waals surface area contributed by atoms with Crippen molar-refractivity contribution in [2.75, 3.05) is 0 Å². The van der Waals surface area contributed by atoms with E-state index in [0.717, 1.165) is 0 Å². The quantitative estimate of drug-likeness (QED) is 0.765. The first-order valence-corrected chi connectivity index (χ1v) is 7.47. The van der Waals surface area contributed by atoms with E-state index in [1.54, 1.807) is 0 Å². The Labute approximate surface area is 117 Å². The molecule has 0 aromatic carbocycles. The summed E-state index contributed by atoms with van der Waals surface area (Å²) >= 11 is 0. The van der Waals surface area contributed by atoms with Crippen LogP contribution in [0.5, 0.6) is 0 Å². The number of aromatic nitrogens is 1. The van der Waals surface area contributed by atoms with Crippen LogP contribution in [0.1, 0.15) is 96.0 Å². The lowest BCUT2D eigenvalue weighted by atomic mass is 9.86. The average Bonchev–Trinajstić information content (AvgIpc) is 2.25. The van der Waals surface area contributed by atoms with Crippen LogP contribution in [0.2, 0.25) is 0 Å². The van der Waals surface area contributed by atoms with E-state index in [-0.39, 0.29) is 11.6 Å². The Morgan fingerprint density at radius 3 is 1.68 bits per heavy atom. The minimum atomic E-state index is 0.145. The maximum atomic E-state index is 12.4. The molecule has 0 saturated heterocycles. The minimum absolute atomic E-state index is 0.145. The first kappa shape index (κ1) is 16.0. The average molecular weight is 263 g/mol. The molecule has 0 N–H and O–H groups in total. The fraction of sp³-hybridized carbons (Fsp3) is 0.706. The second kappa shape index (κ2) is 5.94. The van der Waals surface area contributed by atoms with Gasteiger partial charge >= 0.3 is 0 Å². The molecule has 1 heterocycles. The number of pyridine rings is 1. The van der Waals surface area contributed by atoms with Crippen LogP contribution in [-0.4, -0.2) is 4.57 Å². The van der Waals surface area contributed by atoms with Gasteiger partial charge in [0.1, 0.15) is 0 Å². The zero-order chi connectivity index (χ0) is 14.9. The first-order valence-electron chi connectivity index (χ1n) is 7.47. The van der Waals surface area contributed by atoms with Crippen molar-refractivity contribution in [3.63, 3.8) is 0 Å². The molecule has 0 atom stereocenters. The smallest absolute Gasteiger partial charge is 0.251 e. The third-order valence-corrected chi connectivity index (χ3v) is 3.63. The van der Waals surface area contributed by atoms with Gasteiger partial charge < -0.3 is 4.57 Å². The van der Waals surface area contributed by atoms with Crippen molar-refractivity contribution in [3.05, 3.63) is 33.2 Å².